The van der Waals surface area contributed by atoms with Crippen molar-refractivity contribution in [1.82, 2.24) is 0 Å². The summed E-state index contributed by atoms with van der Waals surface area (Å²) in [5, 5.41) is 2.74. The highest BCUT2D eigenvalue weighted by molar-refractivity contribution is 8.14. The number of fused-ring (bicyclic) bond motifs is 6. The maximum absolute atomic E-state index is 2.50. The van der Waals surface area contributed by atoms with Crippen LogP contribution in [-0.4, -0.2) is 9.49 Å². The molecule has 2 aliphatic carbocycles. The van der Waals surface area contributed by atoms with E-state index in [0.29, 0.717) is 0 Å². The van der Waals surface area contributed by atoms with Gasteiger partial charge in [-0.3, -0.25) is 0 Å². The lowest BCUT2D eigenvalue weighted by atomic mass is 9.70. The van der Waals surface area contributed by atoms with E-state index in [1.165, 1.54) is 65.1 Å². The topological polar surface area (TPSA) is 0 Å². The van der Waals surface area contributed by atoms with Gasteiger partial charge in [-0.1, -0.05) is 97.1 Å². The quantitative estimate of drug-likeness (QED) is 0.271. The number of thioether (sulfide) groups is 2. The maximum Gasteiger partial charge on any atom is 0.0622 e. The minimum Gasteiger partial charge on any atom is -0.112 e. The van der Waals surface area contributed by atoms with E-state index in [9.17, 15) is 0 Å². The number of hydrogen-bond donors (Lipinski definition) is 0. The van der Waals surface area contributed by atoms with Crippen molar-refractivity contribution in [2.75, 3.05) is 0 Å². The predicted octanol–water partition coefficient (Wildman–Crippen LogP) is 9.47. The lowest BCUT2D eigenvalue weighted by molar-refractivity contribution is 0.626. The van der Waals surface area contributed by atoms with Gasteiger partial charge in [0.1, 0.15) is 0 Å². The largest absolute Gasteiger partial charge is 0.112 e. The molecule has 2 aliphatic heterocycles. The van der Waals surface area contributed by atoms with Crippen molar-refractivity contribution < 1.29 is 0 Å². The fourth-order valence-corrected chi connectivity index (χ4v) is 9.69. The van der Waals surface area contributed by atoms with E-state index in [1.807, 2.05) is 0 Å². The van der Waals surface area contributed by atoms with Crippen LogP contribution in [0.5, 0.6) is 0 Å². The zero-order valence-electron chi connectivity index (χ0n) is 20.2. The fourth-order valence-electron chi connectivity index (χ4n) is 6.55. The van der Waals surface area contributed by atoms with E-state index < -0.39 is 0 Å². The Morgan fingerprint density at radius 2 is 0.944 bits per heavy atom. The van der Waals surface area contributed by atoms with Crippen LogP contribution < -0.4 is 0 Å². The molecule has 0 nitrogen and oxygen atoms in total. The second-order valence-electron chi connectivity index (χ2n) is 10.3. The molecule has 0 spiro atoms. The normalized spacial score (nSPS) is 25.6. The molecule has 8 rings (SSSR count). The average Bonchev–Trinajstić information content (AvgIpc) is 3.57. The summed E-state index contributed by atoms with van der Waals surface area (Å²) in [5.41, 5.74) is 11.3. The molecule has 2 atom stereocenters. The Balaban J connectivity index is 1.47. The first kappa shape index (κ1) is 20.9. The third kappa shape index (κ3) is 2.54. The second kappa shape index (κ2) is 7.18. The van der Waals surface area contributed by atoms with Crippen LogP contribution in [0.25, 0.3) is 31.7 Å². The maximum atomic E-state index is 2.50. The Labute approximate surface area is 220 Å². The van der Waals surface area contributed by atoms with Gasteiger partial charge in [0, 0.05) is 9.81 Å². The lowest BCUT2D eigenvalue weighted by Gasteiger charge is -2.47. The zero-order valence-corrected chi connectivity index (χ0v) is 21.8. The van der Waals surface area contributed by atoms with E-state index in [1.54, 1.807) is 0 Å². The first-order valence-electron chi connectivity index (χ1n) is 12.5. The summed E-state index contributed by atoms with van der Waals surface area (Å²) in [6.45, 7) is 4.97. The molecule has 0 N–H and O–H groups in total. The van der Waals surface area contributed by atoms with Gasteiger partial charge in [-0.2, -0.15) is 0 Å². The lowest BCUT2D eigenvalue weighted by Crippen LogP contribution is -2.47. The predicted molar refractivity (Wildman–Crippen MR) is 159 cm³/mol. The molecule has 36 heavy (non-hydrogen) atoms. The number of hydrogen-bond acceptors (Lipinski definition) is 2. The van der Waals surface area contributed by atoms with Crippen molar-refractivity contribution in [3.8, 4) is 0 Å². The van der Waals surface area contributed by atoms with Crippen LogP contribution >= 0.6 is 23.5 Å². The van der Waals surface area contributed by atoms with E-state index in [-0.39, 0.29) is 9.49 Å². The molecule has 4 aromatic carbocycles. The smallest absolute Gasteiger partial charge is 0.0622 e. The molecule has 2 unspecified atom stereocenters. The molecule has 4 aliphatic rings. The first-order chi connectivity index (χ1) is 17.6. The van der Waals surface area contributed by atoms with Gasteiger partial charge in [-0.05, 0) is 81.3 Å². The summed E-state index contributed by atoms with van der Waals surface area (Å²) in [4.78, 5) is 2.75. The summed E-state index contributed by atoms with van der Waals surface area (Å²) in [5.74, 6) is 0. The standard InChI is InChI=1S/C34H24S2/c1-33-26(19-28(35-33)21-11-5-3-6-12-21)31-24-17-9-15-23-16-10-18-25(30(23)24)32(31)27-20-29(36-34(27,33)2)22-13-7-4-8-14-22/h3-20H,1-2H3. The molecule has 2 heteroatoms. The molecular formula is C34H24S2. The SMILES string of the molecule is CC12SC(c3ccccc3)=CC1=C1C(=C3C=C(c4ccccc4)SC32C)c2cccc3cccc1c23. The minimum absolute atomic E-state index is 0.0890. The van der Waals surface area contributed by atoms with Crippen molar-refractivity contribution in [3.05, 3.63) is 143 Å². The summed E-state index contributed by atoms with van der Waals surface area (Å²) in [7, 11) is 0. The van der Waals surface area contributed by atoms with Crippen molar-refractivity contribution in [2.45, 2.75) is 23.3 Å². The highest BCUT2D eigenvalue weighted by Crippen LogP contribution is 2.72. The Morgan fingerprint density at radius 1 is 0.500 bits per heavy atom. The zero-order chi connectivity index (χ0) is 24.1. The van der Waals surface area contributed by atoms with Crippen molar-refractivity contribution in [2.24, 2.45) is 0 Å². The van der Waals surface area contributed by atoms with Gasteiger partial charge in [0.2, 0.25) is 0 Å². The van der Waals surface area contributed by atoms with Crippen LogP contribution in [0.1, 0.15) is 36.1 Å². The third-order valence-electron chi connectivity index (χ3n) is 8.47. The summed E-state index contributed by atoms with van der Waals surface area (Å²) >= 11 is 4.11. The molecule has 0 saturated heterocycles. The van der Waals surface area contributed by atoms with Crippen molar-refractivity contribution in [1.29, 1.82) is 0 Å². The van der Waals surface area contributed by atoms with Crippen LogP contribution in [-0.2, 0) is 0 Å². The van der Waals surface area contributed by atoms with Gasteiger partial charge >= 0.3 is 0 Å². The molecule has 0 fully saturated rings. The molecular weight excluding hydrogens is 473 g/mol. The summed E-state index contributed by atoms with van der Waals surface area (Å²) < 4.78 is -0.178. The minimum atomic E-state index is -0.0890. The Bertz CT molecular complexity index is 1610. The Morgan fingerprint density at radius 3 is 1.39 bits per heavy atom. The van der Waals surface area contributed by atoms with E-state index in [0.717, 1.165) is 0 Å². The second-order valence-corrected chi connectivity index (χ2v) is 13.2. The van der Waals surface area contributed by atoms with E-state index >= 15 is 0 Å². The molecule has 0 radical (unpaired) electrons. The average molecular weight is 497 g/mol. The highest BCUT2D eigenvalue weighted by atomic mass is 32.2. The van der Waals surface area contributed by atoms with Gasteiger partial charge in [-0.25, -0.2) is 0 Å². The summed E-state index contributed by atoms with van der Waals surface area (Å²) in [6, 6.07) is 35.5. The Kier molecular flexibility index (Phi) is 4.18. The van der Waals surface area contributed by atoms with Gasteiger partial charge in [-0.15, -0.1) is 23.5 Å². The van der Waals surface area contributed by atoms with Crippen molar-refractivity contribution >= 4 is 55.3 Å². The molecule has 0 bridgehead atoms. The third-order valence-corrected chi connectivity index (χ3v) is 11.8. The first-order valence-corrected chi connectivity index (χ1v) is 14.2. The van der Waals surface area contributed by atoms with Gasteiger partial charge in [0.05, 0.1) is 9.49 Å². The molecule has 2 heterocycles. The molecule has 0 saturated carbocycles. The summed E-state index contributed by atoms with van der Waals surface area (Å²) in [6.07, 6.45) is 5.01. The van der Waals surface area contributed by atoms with Gasteiger partial charge < -0.3 is 0 Å². The van der Waals surface area contributed by atoms with Crippen LogP contribution in [0.15, 0.2) is 120 Å². The van der Waals surface area contributed by atoms with Gasteiger partial charge in [0.15, 0.2) is 0 Å². The molecule has 172 valence electrons. The number of rotatable bonds is 2. The van der Waals surface area contributed by atoms with Gasteiger partial charge in [0.25, 0.3) is 0 Å². The van der Waals surface area contributed by atoms with E-state index in [2.05, 4.69) is 147 Å². The highest BCUT2D eigenvalue weighted by Gasteiger charge is 2.60. The molecule has 4 aromatic rings. The van der Waals surface area contributed by atoms with E-state index in [4.69, 9.17) is 0 Å². The monoisotopic (exact) mass is 496 g/mol. The number of allylic oxidation sites excluding steroid dienone is 4. The Hall–Kier alpha value is -3.20. The van der Waals surface area contributed by atoms with Crippen molar-refractivity contribution in [3.63, 3.8) is 0 Å². The number of benzene rings is 4. The van der Waals surface area contributed by atoms with Crippen LogP contribution in [0.4, 0.5) is 0 Å². The van der Waals surface area contributed by atoms with Crippen LogP contribution in [0.3, 0.4) is 0 Å². The van der Waals surface area contributed by atoms with Crippen LogP contribution in [0, 0.1) is 0 Å². The van der Waals surface area contributed by atoms with Crippen LogP contribution in [0.2, 0.25) is 0 Å². The fraction of sp³-hybridized carbons (Fsp3) is 0.118. The molecule has 0 amide bonds. The molecule has 0 aromatic heterocycles.